The monoisotopic (exact) mass is 452 g/mol. The number of ether oxygens (including phenoxy) is 1. The summed E-state index contributed by atoms with van der Waals surface area (Å²) in [5, 5.41) is 10.9. The van der Waals surface area contributed by atoms with Gasteiger partial charge in [0.1, 0.15) is 12.2 Å². The first-order valence-corrected chi connectivity index (χ1v) is 10.3. The second-order valence-electron chi connectivity index (χ2n) is 6.57. The lowest BCUT2D eigenvalue weighted by atomic mass is 10.1. The molecule has 13 heteroatoms. The smallest absolute Gasteiger partial charge is 0.321 e. The molecule has 0 radical (unpaired) electrons. The quantitative estimate of drug-likeness (QED) is 0.164. The number of nitrogens with two attached hydrogens (primary N) is 1. The van der Waals surface area contributed by atoms with E-state index >= 15 is 0 Å². The van der Waals surface area contributed by atoms with Gasteiger partial charge in [-0.1, -0.05) is 0 Å². The van der Waals surface area contributed by atoms with E-state index in [0.29, 0.717) is 16.8 Å². The summed E-state index contributed by atoms with van der Waals surface area (Å²) in [6.45, 7) is 3.08. The van der Waals surface area contributed by atoms with Crippen LogP contribution in [0.4, 0.5) is 11.4 Å². The Bertz CT molecular complexity index is 1180. The number of rotatable bonds is 9. The van der Waals surface area contributed by atoms with E-state index in [2.05, 4.69) is 4.98 Å². The zero-order valence-corrected chi connectivity index (χ0v) is 17.7. The molecular weight excluding hydrogens is 432 g/mol. The van der Waals surface area contributed by atoms with Gasteiger partial charge in [-0.2, -0.15) is 4.72 Å². The van der Waals surface area contributed by atoms with Gasteiger partial charge < -0.3 is 15.5 Å². The fourth-order valence-corrected chi connectivity index (χ4v) is 3.90. The number of hydrogen-bond acceptors (Lipinski definition) is 9. The molecule has 12 nitrogen and oxygen atoms in total. The molecule has 2 aromatic rings. The number of benzene rings is 1. The molecule has 0 saturated carbocycles. The van der Waals surface area contributed by atoms with Crippen LogP contribution >= 0.6 is 0 Å². The summed E-state index contributed by atoms with van der Waals surface area (Å²) in [5.74, 6) is -1.87. The number of H-pyrrole nitrogens is 1. The first-order chi connectivity index (χ1) is 14.3. The van der Waals surface area contributed by atoms with Gasteiger partial charge in [0.05, 0.1) is 15.5 Å². The number of ketones is 2. The number of nitrogen functional groups attached to an aromatic ring is 1. The van der Waals surface area contributed by atoms with E-state index in [1.165, 1.54) is 6.92 Å². The van der Waals surface area contributed by atoms with Crippen LogP contribution in [0.3, 0.4) is 0 Å². The average Bonchev–Trinajstić information content (AvgIpc) is 2.98. The van der Waals surface area contributed by atoms with Gasteiger partial charge in [-0.25, -0.2) is 8.42 Å². The molecule has 0 spiro atoms. The fraction of sp³-hybridized carbons (Fsp3) is 0.278. The standard InChI is InChI=1S/C18H20N4O8S/c1-9-17(11(3)23)10(2)21-18(9)15(24)8-30-16(25)7-20-31(28,29)12-4-5-13(19)14(6-12)22(26)27/h4-6,20-21H,7-8,19H2,1-3H3. The van der Waals surface area contributed by atoms with Gasteiger partial charge in [0.25, 0.3) is 5.69 Å². The number of aromatic nitrogens is 1. The lowest BCUT2D eigenvalue weighted by Crippen LogP contribution is -2.31. The normalized spacial score (nSPS) is 11.2. The Hall–Kier alpha value is -3.58. The van der Waals surface area contributed by atoms with Crippen molar-refractivity contribution < 1.29 is 32.5 Å². The molecule has 0 bridgehead atoms. The van der Waals surface area contributed by atoms with Gasteiger partial charge in [0, 0.05) is 17.3 Å². The van der Waals surface area contributed by atoms with Crippen molar-refractivity contribution in [2.45, 2.75) is 25.7 Å². The van der Waals surface area contributed by atoms with Crippen LogP contribution in [0.25, 0.3) is 0 Å². The molecule has 0 fully saturated rings. The Morgan fingerprint density at radius 3 is 2.45 bits per heavy atom. The molecule has 0 amide bonds. The first kappa shape index (κ1) is 23.7. The van der Waals surface area contributed by atoms with Crippen LogP contribution in [0.1, 0.15) is 39.0 Å². The van der Waals surface area contributed by atoms with Gasteiger partial charge in [0.15, 0.2) is 12.4 Å². The molecule has 2 rings (SSSR count). The van der Waals surface area contributed by atoms with E-state index in [0.717, 1.165) is 18.2 Å². The largest absolute Gasteiger partial charge is 0.456 e. The number of sulfonamides is 1. The van der Waals surface area contributed by atoms with E-state index < -0.39 is 50.4 Å². The van der Waals surface area contributed by atoms with Crippen molar-refractivity contribution in [1.82, 2.24) is 9.71 Å². The second kappa shape index (κ2) is 9.06. The molecule has 0 aliphatic rings. The zero-order chi connectivity index (χ0) is 23.5. The summed E-state index contributed by atoms with van der Waals surface area (Å²) in [5.41, 5.74) is 6.03. The fourth-order valence-electron chi connectivity index (χ4n) is 2.91. The number of nitro groups is 1. The maximum atomic E-state index is 12.3. The number of Topliss-reactive ketones (excluding diaryl/α,β-unsaturated/α-hetero) is 2. The van der Waals surface area contributed by atoms with Gasteiger partial charge in [-0.15, -0.1) is 0 Å². The van der Waals surface area contributed by atoms with Gasteiger partial charge in [-0.05, 0) is 38.5 Å². The summed E-state index contributed by atoms with van der Waals surface area (Å²) < 4.78 is 31.2. The summed E-state index contributed by atoms with van der Waals surface area (Å²) in [6.07, 6.45) is 0. The Kier molecular flexibility index (Phi) is 6.92. The van der Waals surface area contributed by atoms with Crippen molar-refractivity contribution in [3.05, 3.63) is 50.8 Å². The van der Waals surface area contributed by atoms with Crippen molar-refractivity contribution in [2.24, 2.45) is 0 Å². The highest BCUT2D eigenvalue weighted by Crippen LogP contribution is 2.24. The van der Waals surface area contributed by atoms with Crippen LogP contribution in [0, 0.1) is 24.0 Å². The minimum atomic E-state index is -4.28. The molecular formula is C18H20N4O8S. The molecule has 0 aliphatic carbocycles. The Balaban J connectivity index is 2.00. The number of aryl methyl sites for hydroxylation is 1. The van der Waals surface area contributed by atoms with Crippen LogP contribution in [0.5, 0.6) is 0 Å². The van der Waals surface area contributed by atoms with Gasteiger partial charge in [0.2, 0.25) is 15.8 Å². The van der Waals surface area contributed by atoms with Crippen molar-refractivity contribution in [3.63, 3.8) is 0 Å². The first-order valence-electron chi connectivity index (χ1n) is 8.77. The SMILES string of the molecule is CC(=O)c1c(C)[nH]c(C(=O)COC(=O)CNS(=O)(=O)c2ccc(N)c([N+](=O)[O-])c2)c1C. The Morgan fingerprint density at radius 1 is 1.26 bits per heavy atom. The zero-order valence-electron chi connectivity index (χ0n) is 16.8. The number of carbonyl (C=O) groups is 3. The third-order valence-corrected chi connectivity index (χ3v) is 5.75. The third kappa shape index (κ3) is 5.32. The summed E-state index contributed by atoms with van der Waals surface area (Å²) >= 11 is 0. The van der Waals surface area contributed by atoms with E-state index in [1.807, 2.05) is 4.72 Å². The topological polar surface area (TPSA) is 192 Å². The second-order valence-corrected chi connectivity index (χ2v) is 8.33. The van der Waals surface area contributed by atoms with Crippen LogP contribution in [-0.4, -0.2) is 49.0 Å². The van der Waals surface area contributed by atoms with E-state index in [4.69, 9.17) is 10.5 Å². The Morgan fingerprint density at radius 2 is 1.90 bits per heavy atom. The molecule has 0 saturated heterocycles. The van der Waals surface area contributed by atoms with Crippen LogP contribution in [0.2, 0.25) is 0 Å². The van der Waals surface area contributed by atoms with Crippen molar-refractivity contribution >= 4 is 38.9 Å². The summed E-state index contributed by atoms with van der Waals surface area (Å²) in [6, 6.07) is 2.86. The predicted molar refractivity (Wildman–Crippen MR) is 108 cm³/mol. The number of nitrogens with zero attached hydrogens (tertiary/aromatic N) is 1. The van der Waals surface area contributed by atoms with E-state index in [-0.39, 0.29) is 17.2 Å². The number of anilines is 1. The highest BCUT2D eigenvalue weighted by atomic mass is 32.2. The highest BCUT2D eigenvalue weighted by molar-refractivity contribution is 7.89. The van der Waals surface area contributed by atoms with E-state index in [1.54, 1.807) is 13.8 Å². The lowest BCUT2D eigenvalue weighted by Gasteiger charge is -2.08. The molecule has 0 atom stereocenters. The number of nitrogens with one attached hydrogen (secondary N) is 2. The number of nitro benzene ring substituents is 1. The van der Waals surface area contributed by atoms with Crippen molar-refractivity contribution in [1.29, 1.82) is 0 Å². The predicted octanol–water partition coefficient (Wildman–Crippen LogP) is 1.03. The molecule has 4 N–H and O–H groups in total. The van der Waals surface area contributed by atoms with Crippen LogP contribution < -0.4 is 10.5 Å². The number of hydrogen-bond donors (Lipinski definition) is 3. The van der Waals surface area contributed by atoms with Gasteiger partial charge >= 0.3 is 5.97 Å². The minimum absolute atomic E-state index is 0.116. The molecule has 1 heterocycles. The number of esters is 1. The van der Waals surface area contributed by atoms with Crippen LogP contribution in [-0.2, 0) is 19.6 Å². The molecule has 0 unspecified atom stereocenters. The number of aromatic amines is 1. The van der Waals surface area contributed by atoms with E-state index in [9.17, 15) is 32.9 Å². The Labute approximate surface area is 177 Å². The minimum Gasteiger partial charge on any atom is -0.456 e. The third-order valence-electron chi connectivity index (χ3n) is 4.35. The summed E-state index contributed by atoms with van der Waals surface area (Å²) in [7, 11) is -4.28. The molecule has 31 heavy (non-hydrogen) atoms. The summed E-state index contributed by atoms with van der Waals surface area (Å²) in [4.78, 5) is 48.1. The number of carbonyl (C=O) groups excluding carboxylic acids is 3. The highest BCUT2D eigenvalue weighted by Gasteiger charge is 2.23. The van der Waals surface area contributed by atoms with Crippen LogP contribution in [0.15, 0.2) is 23.1 Å². The average molecular weight is 452 g/mol. The lowest BCUT2D eigenvalue weighted by molar-refractivity contribution is -0.384. The molecule has 0 aliphatic heterocycles. The van der Waals surface area contributed by atoms with Crippen molar-refractivity contribution in [3.8, 4) is 0 Å². The molecule has 1 aromatic heterocycles. The molecule has 1 aromatic carbocycles. The maximum absolute atomic E-state index is 12.3. The van der Waals surface area contributed by atoms with Crippen molar-refractivity contribution in [2.75, 3.05) is 18.9 Å². The maximum Gasteiger partial charge on any atom is 0.321 e. The van der Waals surface area contributed by atoms with Gasteiger partial charge in [-0.3, -0.25) is 24.5 Å². The molecule has 166 valence electrons.